The molecule has 0 N–H and O–H groups in total. The number of benzene rings is 3. The van der Waals surface area contributed by atoms with Crippen molar-refractivity contribution in [2.45, 2.75) is 25.5 Å². The number of hydrogen-bond donors (Lipinski definition) is 0. The van der Waals surface area contributed by atoms with E-state index in [4.69, 9.17) is 14.3 Å². The fraction of sp³-hybridized carbons (Fsp3) is 0.259. The maximum absolute atomic E-state index is 13.5. The lowest BCUT2D eigenvalue weighted by atomic mass is 9.70. The number of ether oxygens (including phenoxy) is 2. The molecule has 0 spiro atoms. The number of para-hydroxylation sites is 1. The normalized spacial score (nSPS) is 19.5. The zero-order valence-corrected chi connectivity index (χ0v) is 18.9. The Labute approximate surface area is 193 Å². The van der Waals surface area contributed by atoms with Gasteiger partial charge in [-0.15, -0.1) is 0 Å². The second kappa shape index (κ2) is 9.46. The van der Waals surface area contributed by atoms with Gasteiger partial charge in [-0.25, -0.2) is 5.06 Å². The van der Waals surface area contributed by atoms with Gasteiger partial charge >= 0.3 is 11.9 Å². The zero-order valence-electron chi connectivity index (χ0n) is 18.9. The molecule has 170 valence electrons. The maximum atomic E-state index is 13.5. The predicted octanol–water partition coefficient (Wildman–Crippen LogP) is 4.95. The number of hydroxylamine groups is 1. The molecule has 33 heavy (non-hydrogen) atoms. The molecule has 1 heterocycles. The van der Waals surface area contributed by atoms with Gasteiger partial charge in [0.2, 0.25) is 0 Å². The lowest BCUT2D eigenvalue weighted by molar-refractivity contribution is -0.186. The van der Waals surface area contributed by atoms with Gasteiger partial charge in [0.15, 0.2) is 5.41 Å². The summed E-state index contributed by atoms with van der Waals surface area (Å²) in [6.07, 6.45) is -0.510. The maximum Gasteiger partial charge on any atom is 0.325 e. The first-order chi connectivity index (χ1) is 16.0. The van der Waals surface area contributed by atoms with Gasteiger partial charge in [-0.1, -0.05) is 78.4 Å². The van der Waals surface area contributed by atoms with E-state index in [0.717, 1.165) is 16.7 Å². The summed E-state index contributed by atoms with van der Waals surface area (Å²) in [5.74, 6) is -1.32. The molecule has 3 aromatic carbocycles. The first kappa shape index (κ1) is 22.6. The fourth-order valence-corrected chi connectivity index (χ4v) is 4.48. The van der Waals surface area contributed by atoms with Gasteiger partial charge in [-0.3, -0.25) is 14.4 Å². The zero-order chi connectivity index (χ0) is 23.4. The molecule has 0 aliphatic carbocycles. The minimum absolute atomic E-state index is 0.0677. The van der Waals surface area contributed by atoms with Gasteiger partial charge in [-0.2, -0.15) is 0 Å². The van der Waals surface area contributed by atoms with Crippen molar-refractivity contribution in [1.29, 1.82) is 0 Å². The number of carbonyl (C=O) groups excluding carboxylic acids is 2. The Bertz CT molecular complexity index is 1080. The summed E-state index contributed by atoms with van der Waals surface area (Å²) in [5, 5.41) is 1.65. The Balaban J connectivity index is 1.97. The first-order valence-corrected chi connectivity index (χ1v) is 10.8. The van der Waals surface area contributed by atoms with Crippen molar-refractivity contribution in [2.75, 3.05) is 19.3 Å². The van der Waals surface area contributed by atoms with E-state index >= 15 is 0 Å². The highest BCUT2D eigenvalue weighted by molar-refractivity contribution is 6.02. The number of aryl methyl sites for hydroxylation is 1. The standard InChI is InChI=1S/C27H27NO5/c1-19-14-16-21(17-15-19)24-27(25(29)31-2,26(30)32-3)18-23(20-10-6-4-7-11-20)33-28(24)22-12-8-5-9-13-22/h4-17,23-24H,18H2,1-3H3. The molecule has 1 fully saturated rings. The Morgan fingerprint density at radius 1 is 0.818 bits per heavy atom. The highest BCUT2D eigenvalue weighted by Gasteiger charge is 2.62. The van der Waals surface area contributed by atoms with Crippen molar-refractivity contribution in [2.24, 2.45) is 5.41 Å². The number of rotatable bonds is 5. The third-order valence-electron chi connectivity index (χ3n) is 6.12. The molecule has 6 heteroatoms. The summed E-state index contributed by atoms with van der Waals surface area (Å²) in [6.45, 7) is 1.98. The Kier molecular flexibility index (Phi) is 6.47. The molecular formula is C27H27NO5. The van der Waals surface area contributed by atoms with Crippen molar-refractivity contribution in [3.63, 3.8) is 0 Å². The van der Waals surface area contributed by atoms with Crippen LogP contribution in [-0.4, -0.2) is 26.2 Å². The van der Waals surface area contributed by atoms with Gasteiger partial charge in [0.05, 0.1) is 19.9 Å². The van der Waals surface area contributed by atoms with Gasteiger partial charge < -0.3 is 9.47 Å². The molecule has 6 nitrogen and oxygen atoms in total. The van der Waals surface area contributed by atoms with Crippen LogP contribution in [0.5, 0.6) is 0 Å². The Morgan fingerprint density at radius 2 is 1.36 bits per heavy atom. The van der Waals surface area contributed by atoms with E-state index in [9.17, 15) is 9.59 Å². The third kappa shape index (κ3) is 4.10. The molecule has 2 atom stereocenters. The van der Waals surface area contributed by atoms with E-state index in [1.807, 2.05) is 91.9 Å². The first-order valence-electron chi connectivity index (χ1n) is 10.8. The van der Waals surface area contributed by atoms with Gasteiger partial charge in [0.25, 0.3) is 0 Å². The highest BCUT2D eigenvalue weighted by atomic mass is 16.7. The average molecular weight is 446 g/mol. The topological polar surface area (TPSA) is 65.1 Å². The van der Waals surface area contributed by atoms with E-state index in [0.29, 0.717) is 5.69 Å². The smallest absolute Gasteiger partial charge is 0.325 e. The minimum Gasteiger partial charge on any atom is -0.468 e. The summed E-state index contributed by atoms with van der Waals surface area (Å²) in [5.41, 5.74) is 1.70. The number of methoxy groups -OCH3 is 2. The number of nitrogens with zero attached hydrogens (tertiary/aromatic N) is 1. The third-order valence-corrected chi connectivity index (χ3v) is 6.12. The van der Waals surface area contributed by atoms with Crippen LogP contribution in [0.1, 0.15) is 35.3 Å². The molecular weight excluding hydrogens is 418 g/mol. The van der Waals surface area contributed by atoms with E-state index < -0.39 is 29.5 Å². The van der Waals surface area contributed by atoms with Crippen LogP contribution >= 0.6 is 0 Å². The summed E-state index contributed by atoms with van der Waals surface area (Å²) in [6, 6.07) is 25.9. The molecule has 1 saturated heterocycles. The molecule has 0 amide bonds. The number of carbonyl (C=O) groups is 2. The quantitative estimate of drug-likeness (QED) is 0.409. The molecule has 1 aliphatic rings. The van der Waals surface area contributed by atoms with Crippen LogP contribution in [-0.2, 0) is 23.9 Å². The largest absolute Gasteiger partial charge is 0.468 e. The van der Waals surface area contributed by atoms with Crippen molar-refractivity contribution in [1.82, 2.24) is 0 Å². The molecule has 4 rings (SSSR count). The van der Waals surface area contributed by atoms with E-state index in [1.165, 1.54) is 14.2 Å². The monoisotopic (exact) mass is 445 g/mol. The predicted molar refractivity (Wildman–Crippen MR) is 124 cm³/mol. The highest BCUT2D eigenvalue weighted by Crippen LogP contribution is 2.53. The summed E-state index contributed by atoms with van der Waals surface area (Å²) in [7, 11) is 2.58. The number of hydrogen-bond acceptors (Lipinski definition) is 6. The van der Waals surface area contributed by atoms with Crippen LogP contribution in [0.4, 0.5) is 5.69 Å². The lowest BCUT2D eigenvalue weighted by Gasteiger charge is -2.49. The summed E-state index contributed by atoms with van der Waals surface area (Å²) >= 11 is 0. The van der Waals surface area contributed by atoms with Crippen LogP contribution in [0, 0.1) is 12.3 Å². The van der Waals surface area contributed by atoms with Crippen LogP contribution in [0.3, 0.4) is 0 Å². The minimum atomic E-state index is -1.66. The van der Waals surface area contributed by atoms with Crippen LogP contribution in [0.2, 0.25) is 0 Å². The number of esters is 2. The molecule has 0 bridgehead atoms. The second-order valence-corrected chi connectivity index (χ2v) is 8.14. The van der Waals surface area contributed by atoms with Gasteiger partial charge in [-0.05, 0) is 30.2 Å². The summed E-state index contributed by atoms with van der Waals surface area (Å²) < 4.78 is 10.5. The lowest BCUT2D eigenvalue weighted by Crippen LogP contribution is -2.56. The molecule has 0 aromatic heterocycles. The van der Waals surface area contributed by atoms with E-state index in [2.05, 4.69) is 0 Å². The van der Waals surface area contributed by atoms with Crippen molar-refractivity contribution in [3.8, 4) is 0 Å². The van der Waals surface area contributed by atoms with Crippen molar-refractivity contribution in [3.05, 3.63) is 102 Å². The van der Waals surface area contributed by atoms with Crippen LogP contribution in [0.25, 0.3) is 0 Å². The van der Waals surface area contributed by atoms with Gasteiger partial charge in [0.1, 0.15) is 12.1 Å². The molecule has 1 aliphatic heterocycles. The molecule has 3 aromatic rings. The van der Waals surface area contributed by atoms with Crippen molar-refractivity contribution >= 4 is 17.6 Å². The molecule has 2 unspecified atom stereocenters. The summed E-state index contributed by atoms with van der Waals surface area (Å²) in [4.78, 5) is 33.5. The van der Waals surface area contributed by atoms with Crippen LogP contribution in [0.15, 0.2) is 84.9 Å². The Hall–Kier alpha value is -3.64. The van der Waals surface area contributed by atoms with E-state index in [1.54, 1.807) is 5.06 Å². The molecule has 0 saturated carbocycles. The second-order valence-electron chi connectivity index (χ2n) is 8.14. The molecule has 0 radical (unpaired) electrons. The number of anilines is 1. The SMILES string of the molecule is COC(=O)C1(C(=O)OC)CC(c2ccccc2)ON(c2ccccc2)C1c1ccc(C)cc1. The Morgan fingerprint density at radius 3 is 1.91 bits per heavy atom. The van der Waals surface area contributed by atoms with Crippen molar-refractivity contribution < 1.29 is 23.9 Å². The fourth-order valence-electron chi connectivity index (χ4n) is 4.48. The van der Waals surface area contributed by atoms with Crippen LogP contribution < -0.4 is 5.06 Å². The van der Waals surface area contributed by atoms with E-state index in [-0.39, 0.29) is 6.42 Å². The van der Waals surface area contributed by atoms with Gasteiger partial charge in [0, 0.05) is 6.42 Å². The average Bonchev–Trinajstić information content (AvgIpc) is 2.88.